The lowest BCUT2D eigenvalue weighted by Gasteiger charge is -2.25. The Morgan fingerprint density at radius 3 is 2.33 bits per heavy atom. The van der Waals surface area contributed by atoms with Crippen molar-refractivity contribution in [3.8, 4) is 0 Å². The highest BCUT2D eigenvalue weighted by atomic mass is 35.5. The molecule has 2 nitrogen and oxygen atoms in total. The average molecular weight is 301 g/mol. The van der Waals surface area contributed by atoms with E-state index in [2.05, 4.69) is 35.2 Å². The second kappa shape index (κ2) is 5.49. The van der Waals surface area contributed by atoms with Crippen LogP contribution in [0, 0.1) is 11.8 Å². The zero-order chi connectivity index (χ0) is 14.2. The van der Waals surface area contributed by atoms with Gasteiger partial charge in [0.05, 0.1) is 11.6 Å². The molecule has 0 amide bonds. The highest BCUT2D eigenvalue weighted by Gasteiger charge is 2.30. The van der Waals surface area contributed by atoms with E-state index in [1.54, 1.807) is 0 Å². The molecule has 2 fully saturated rings. The van der Waals surface area contributed by atoms with E-state index in [4.69, 9.17) is 16.6 Å². The van der Waals surface area contributed by atoms with Gasteiger partial charge in [0.2, 0.25) is 0 Å². The number of benzene rings is 1. The highest BCUT2D eigenvalue weighted by Crippen LogP contribution is 2.37. The second-order valence-corrected chi connectivity index (χ2v) is 6.85. The minimum Gasteiger partial charge on any atom is -0.356 e. The largest absolute Gasteiger partial charge is 0.356 e. The fraction of sp³-hybridized carbons (Fsp3) is 0.500. The third-order valence-electron chi connectivity index (χ3n) is 4.56. The van der Waals surface area contributed by atoms with E-state index in [1.807, 2.05) is 0 Å². The third-order valence-corrected chi connectivity index (χ3v) is 4.83. The lowest BCUT2D eigenvalue weighted by atomic mass is 10.1. The van der Waals surface area contributed by atoms with Gasteiger partial charge in [-0.2, -0.15) is 0 Å². The molecule has 0 unspecified atom stereocenters. The first-order valence-corrected chi connectivity index (χ1v) is 8.56. The Kier molecular flexibility index (Phi) is 3.50. The second-order valence-electron chi connectivity index (χ2n) is 6.58. The Balaban J connectivity index is 1.76. The van der Waals surface area contributed by atoms with Crippen molar-refractivity contribution in [2.75, 3.05) is 18.0 Å². The number of fused-ring (bicyclic) bond motifs is 1. The lowest BCUT2D eigenvalue weighted by Crippen LogP contribution is -2.29. The first kappa shape index (κ1) is 13.4. The summed E-state index contributed by atoms with van der Waals surface area (Å²) in [4.78, 5) is 7.41. The molecule has 0 saturated heterocycles. The summed E-state index contributed by atoms with van der Waals surface area (Å²) in [6.07, 6.45) is 5.53. The summed E-state index contributed by atoms with van der Waals surface area (Å²) in [5, 5.41) is 2.53. The third kappa shape index (κ3) is 3.01. The van der Waals surface area contributed by atoms with Gasteiger partial charge in [-0.3, -0.25) is 0 Å². The van der Waals surface area contributed by atoms with Gasteiger partial charge in [-0.05, 0) is 49.0 Å². The zero-order valence-corrected chi connectivity index (χ0v) is 13.0. The van der Waals surface area contributed by atoms with E-state index in [1.165, 1.54) is 49.5 Å². The van der Waals surface area contributed by atoms with Gasteiger partial charge in [0.1, 0.15) is 5.82 Å². The zero-order valence-electron chi connectivity index (χ0n) is 12.3. The smallest absolute Gasteiger partial charge is 0.136 e. The summed E-state index contributed by atoms with van der Waals surface area (Å²) >= 11 is 6.06. The number of hydrogen-bond acceptors (Lipinski definition) is 2. The van der Waals surface area contributed by atoms with Crippen molar-refractivity contribution in [2.45, 2.75) is 31.6 Å². The van der Waals surface area contributed by atoms with Gasteiger partial charge < -0.3 is 4.90 Å². The summed E-state index contributed by atoms with van der Waals surface area (Å²) in [6, 6.07) is 10.7. The van der Waals surface area contributed by atoms with Gasteiger partial charge in [-0.15, -0.1) is 11.6 Å². The predicted molar refractivity (Wildman–Crippen MR) is 89.0 cm³/mol. The van der Waals surface area contributed by atoms with Crippen molar-refractivity contribution in [2.24, 2.45) is 11.8 Å². The SMILES string of the molecule is ClCc1cc2ccccc2c(N(CC2CC2)CC2CC2)n1. The summed E-state index contributed by atoms with van der Waals surface area (Å²) in [5.74, 6) is 3.40. The predicted octanol–water partition coefficient (Wildman–Crippen LogP) is 4.60. The van der Waals surface area contributed by atoms with Crippen LogP contribution in [-0.4, -0.2) is 18.1 Å². The Morgan fingerprint density at radius 1 is 1.05 bits per heavy atom. The minimum atomic E-state index is 0.485. The highest BCUT2D eigenvalue weighted by molar-refractivity contribution is 6.17. The Labute approximate surface area is 131 Å². The van der Waals surface area contributed by atoms with Crippen molar-refractivity contribution in [1.29, 1.82) is 0 Å². The van der Waals surface area contributed by atoms with E-state index in [-0.39, 0.29) is 0 Å². The summed E-state index contributed by atoms with van der Waals surface area (Å²) in [7, 11) is 0. The van der Waals surface area contributed by atoms with Gasteiger partial charge in [0, 0.05) is 18.5 Å². The van der Waals surface area contributed by atoms with E-state index in [0.717, 1.165) is 23.3 Å². The number of halogens is 1. The van der Waals surface area contributed by atoms with E-state index >= 15 is 0 Å². The van der Waals surface area contributed by atoms with Crippen LogP contribution < -0.4 is 4.90 Å². The summed E-state index contributed by atoms with van der Waals surface area (Å²) < 4.78 is 0. The first-order chi connectivity index (χ1) is 10.3. The molecule has 0 radical (unpaired) electrons. The van der Waals surface area contributed by atoms with Crippen molar-refractivity contribution in [1.82, 2.24) is 4.98 Å². The molecule has 21 heavy (non-hydrogen) atoms. The lowest BCUT2D eigenvalue weighted by molar-refractivity contribution is 0.673. The Hall–Kier alpha value is -1.28. The Morgan fingerprint density at radius 2 is 1.71 bits per heavy atom. The van der Waals surface area contributed by atoms with E-state index < -0.39 is 0 Å². The molecular formula is C18H21ClN2. The van der Waals surface area contributed by atoms with Crippen LogP contribution in [0.2, 0.25) is 0 Å². The van der Waals surface area contributed by atoms with Crippen LogP contribution in [0.3, 0.4) is 0 Å². The van der Waals surface area contributed by atoms with Crippen LogP contribution in [0.5, 0.6) is 0 Å². The van der Waals surface area contributed by atoms with Crippen LogP contribution in [0.15, 0.2) is 30.3 Å². The molecule has 2 saturated carbocycles. The summed E-state index contributed by atoms with van der Waals surface area (Å²) in [5.41, 5.74) is 0.988. The monoisotopic (exact) mass is 300 g/mol. The summed E-state index contributed by atoms with van der Waals surface area (Å²) in [6.45, 7) is 2.33. The molecule has 2 aromatic rings. The fourth-order valence-corrected chi connectivity index (χ4v) is 3.15. The molecule has 4 rings (SSSR count). The first-order valence-electron chi connectivity index (χ1n) is 8.03. The van der Waals surface area contributed by atoms with Gasteiger partial charge in [0.25, 0.3) is 0 Å². The molecule has 3 heteroatoms. The number of alkyl halides is 1. The average Bonchev–Trinajstić information content (AvgIpc) is 3.41. The van der Waals surface area contributed by atoms with E-state index in [9.17, 15) is 0 Å². The molecule has 1 heterocycles. The van der Waals surface area contributed by atoms with Gasteiger partial charge in [-0.25, -0.2) is 4.98 Å². The molecule has 110 valence electrons. The molecule has 0 N–H and O–H groups in total. The topological polar surface area (TPSA) is 16.1 Å². The van der Waals surface area contributed by atoms with Gasteiger partial charge in [-0.1, -0.05) is 24.3 Å². The standard InChI is InChI=1S/C18H21ClN2/c19-10-16-9-15-3-1-2-4-17(15)18(20-16)21(11-13-5-6-13)12-14-7-8-14/h1-4,9,13-14H,5-8,10-12H2. The normalized spacial score (nSPS) is 18.1. The molecule has 0 atom stereocenters. The van der Waals surface area contributed by atoms with Crippen LogP contribution in [0.4, 0.5) is 5.82 Å². The molecule has 0 spiro atoms. The number of aromatic nitrogens is 1. The van der Waals surface area contributed by atoms with E-state index in [0.29, 0.717) is 5.88 Å². The quantitative estimate of drug-likeness (QED) is 0.725. The van der Waals surface area contributed by atoms with Gasteiger partial charge in [0.15, 0.2) is 0 Å². The Bertz CT molecular complexity index is 633. The number of anilines is 1. The molecule has 1 aromatic carbocycles. The molecular weight excluding hydrogens is 280 g/mol. The van der Waals surface area contributed by atoms with Crippen LogP contribution in [0.25, 0.3) is 10.8 Å². The van der Waals surface area contributed by atoms with Crippen LogP contribution in [0.1, 0.15) is 31.4 Å². The van der Waals surface area contributed by atoms with Crippen LogP contribution in [-0.2, 0) is 5.88 Å². The number of nitrogens with zero attached hydrogens (tertiary/aromatic N) is 2. The maximum atomic E-state index is 6.06. The molecule has 2 aliphatic rings. The number of rotatable bonds is 6. The molecule has 0 bridgehead atoms. The maximum absolute atomic E-state index is 6.06. The van der Waals surface area contributed by atoms with Crippen molar-refractivity contribution in [3.63, 3.8) is 0 Å². The number of pyridine rings is 1. The van der Waals surface area contributed by atoms with Crippen molar-refractivity contribution in [3.05, 3.63) is 36.0 Å². The minimum absolute atomic E-state index is 0.485. The molecule has 2 aliphatic carbocycles. The number of hydrogen-bond donors (Lipinski definition) is 0. The maximum Gasteiger partial charge on any atom is 0.136 e. The fourth-order valence-electron chi connectivity index (χ4n) is 3.02. The molecule has 1 aromatic heterocycles. The van der Waals surface area contributed by atoms with Gasteiger partial charge >= 0.3 is 0 Å². The van der Waals surface area contributed by atoms with Crippen molar-refractivity contribution < 1.29 is 0 Å². The van der Waals surface area contributed by atoms with Crippen molar-refractivity contribution >= 4 is 28.2 Å². The molecule has 0 aliphatic heterocycles. The van der Waals surface area contributed by atoms with Crippen LogP contribution >= 0.6 is 11.6 Å².